The predicted molar refractivity (Wildman–Crippen MR) is 173 cm³/mol. The number of halogens is 5. The average molecular weight is 680 g/mol. The Morgan fingerprint density at radius 2 is 1.43 bits per heavy atom. The summed E-state index contributed by atoms with van der Waals surface area (Å²) in [6.45, 7) is 2.25. The van der Waals surface area contributed by atoms with E-state index in [9.17, 15) is 37.0 Å². The van der Waals surface area contributed by atoms with Crippen LogP contribution in [-0.4, -0.2) is 65.0 Å². The average Bonchev–Trinajstić information content (AvgIpc) is 3.39. The molecule has 0 aromatic heterocycles. The fourth-order valence-electron chi connectivity index (χ4n) is 6.68. The van der Waals surface area contributed by atoms with Crippen LogP contribution in [0.5, 0.6) is 17.2 Å². The molecule has 0 aliphatic carbocycles. The zero-order valence-corrected chi connectivity index (χ0v) is 26.6. The molecule has 12 heteroatoms. The SMILES string of the molecule is COc1cc(C2=NC(c3ccc(F)cc3)(c3ccc(F)cc3)C(=O)N2CCCN2CCC(c3ccc(C(F)(F)F)cc3)CC2)cc(O)c1O. The zero-order valence-electron chi connectivity index (χ0n) is 26.6. The van der Waals surface area contributed by atoms with E-state index in [2.05, 4.69) is 4.90 Å². The number of aliphatic imine (C=N–C) groups is 1. The van der Waals surface area contributed by atoms with Crippen LogP contribution < -0.4 is 4.74 Å². The van der Waals surface area contributed by atoms with Gasteiger partial charge in [-0.05, 0) is 110 Å². The van der Waals surface area contributed by atoms with Gasteiger partial charge < -0.3 is 19.8 Å². The molecule has 6 rings (SSSR count). The summed E-state index contributed by atoms with van der Waals surface area (Å²) >= 11 is 0. The lowest BCUT2D eigenvalue weighted by Crippen LogP contribution is -2.43. The highest BCUT2D eigenvalue weighted by Crippen LogP contribution is 2.44. The molecule has 7 nitrogen and oxygen atoms in total. The van der Waals surface area contributed by atoms with Gasteiger partial charge in [-0.15, -0.1) is 0 Å². The second-order valence-electron chi connectivity index (χ2n) is 12.3. The largest absolute Gasteiger partial charge is 0.504 e. The molecule has 4 aromatic carbocycles. The van der Waals surface area contributed by atoms with E-state index in [0.29, 0.717) is 24.1 Å². The van der Waals surface area contributed by atoms with Crippen molar-refractivity contribution in [2.24, 2.45) is 4.99 Å². The van der Waals surface area contributed by atoms with Crippen LogP contribution in [0, 0.1) is 11.6 Å². The number of ether oxygens (including phenoxy) is 1. The highest BCUT2D eigenvalue weighted by atomic mass is 19.4. The minimum atomic E-state index is -4.38. The third kappa shape index (κ3) is 6.69. The Hall–Kier alpha value is -4.97. The third-order valence-electron chi connectivity index (χ3n) is 9.29. The summed E-state index contributed by atoms with van der Waals surface area (Å²) in [5, 5.41) is 20.8. The summed E-state index contributed by atoms with van der Waals surface area (Å²) in [7, 11) is 1.32. The van der Waals surface area contributed by atoms with Gasteiger partial charge in [-0.2, -0.15) is 13.2 Å². The van der Waals surface area contributed by atoms with E-state index in [-0.39, 0.29) is 29.6 Å². The van der Waals surface area contributed by atoms with Gasteiger partial charge in [0, 0.05) is 12.1 Å². The lowest BCUT2D eigenvalue weighted by molar-refractivity contribution is -0.137. The molecule has 0 bridgehead atoms. The van der Waals surface area contributed by atoms with Crippen molar-refractivity contribution < 1.29 is 41.7 Å². The molecule has 0 saturated carbocycles. The second-order valence-corrected chi connectivity index (χ2v) is 12.3. The first-order valence-corrected chi connectivity index (χ1v) is 15.8. The highest BCUT2D eigenvalue weighted by Gasteiger charge is 2.51. The zero-order chi connectivity index (χ0) is 34.9. The van der Waals surface area contributed by atoms with Gasteiger partial charge in [-0.25, -0.2) is 13.8 Å². The number of benzene rings is 4. The number of likely N-dealkylation sites (tertiary alicyclic amines) is 1. The van der Waals surface area contributed by atoms with E-state index in [1.165, 1.54) is 72.7 Å². The normalized spacial score (nSPS) is 17.0. The molecule has 0 spiro atoms. The van der Waals surface area contributed by atoms with Crippen LogP contribution >= 0.6 is 0 Å². The molecule has 1 saturated heterocycles. The molecular weight excluding hydrogens is 645 g/mol. The van der Waals surface area contributed by atoms with Crippen molar-refractivity contribution in [3.05, 3.63) is 124 Å². The summed E-state index contributed by atoms with van der Waals surface area (Å²) in [5.74, 6) is -2.18. The van der Waals surface area contributed by atoms with Gasteiger partial charge in [0.1, 0.15) is 17.5 Å². The molecule has 2 N–H and O–H groups in total. The molecule has 0 unspecified atom stereocenters. The van der Waals surface area contributed by atoms with Gasteiger partial charge in [-0.1, -0.05) is 36.4 Å². The number of aromatic hydroxyl groups is 2. The minimum Gasteiger partial charge on any atom is -0.504 e. The first-order valence-electron chi connectivity index (χ1n) is 15.8. The van der Waals surface area contributed by atoms with Crippen molar-refractivity contribution >= 4 is 11.7 Å². The molecule has 0 radical (unpaired) electrons. The molecule has 2 heterocycles. The van der Waals surface area contributed by atoms with Gasteiger partial charge in [0.2, 0.25) is 5.75 Å². The summed E-state index contributed by atoms with van der Waals surface area (Å²) in [4.78, 5) is 23.3. The summed E-state index contributed by atoms with van der Waals surface area (Å²) in [5.41, 5.74) is -0.517. The van der Waals surface area contributed by atoms with Gasteiger partial charge in [0.15, 0.2) is 17.0 Å². The number of amides is 1. The minimum absolute atomic E-state index is 0.0397. The van der Waals surface area contributed by atoms with Crippen LogP contribution in [-0.2, 0) is 16.5 Å². The van der Waals surface area contributed by atoms with Gasteiger partial charge >= 0.3 is 6.18 Å². The Balaban J connectivity index is 1.26. The van der Waals surface area contributed by atoms with E-state index in [0.717, 1.165) is 43.6 Å². The first kappa shape index (κ1) is 33.9. The maximum atomic E-state index is 14.7. The number of amidine groups is 1. The van der Waals surface area contributed by atoms with Crippen LogP contribution in [0.3, 0.4) is 0 Å². The highest BCUT2D eigenvalue weighted by molar-refractivity contribution is 6.17. The standard InChI is InChI=1S/C37H34F5N3O4/c1-49-32-22-25(21-31(46)33(32)47)34-43-36(26-7-11-29(38)12-8-26,27-9-13-30(39)14-10-27)35(48)45(34)18-2-17-44-19-15-24(16-20-44)23-3-5-28(6-4-23)37(40,41)42/h3-14,21-22,24,46-47H,2,15-20H2,1H3. The van der Waals surface area contributed by atoms with Crippen LogP contribution in [0.25, 0.3) is 0 Å². The lowest BCUT2D eigenvalue weighted by Gasteiger charge is -2.33. The third-order valence-corrected chi connectivity index (χ3v) is 9.29. The number of nitrogens with zero attached hydrogens (tertiary/aromatic N) is 3. The number of rotatable bonds is 9. The molecule has 4 aromatic rings. The van der Waals surface area contributed by atoms with Crippen LogP contribution in [0.4, 0.5) is 22.0 Å². The van der Waals surface area contributed by atoms with E-state index in [1.54, 1.807) is 12.1 Å². The van der Waals surface area contributed by atoms with Crippen LogP contribution in [0.1, 0.15) is 53.0 Å². The number of methoxy groups -OCH3 is 1. The molecule has 0 atom stereocenters. The quantitative estimate of drug-likeness (QED) is 0.144. The number of hydrogen-bond acceptors (Lipinski definition) is 6. The Labute approximate surface area is 279 Å². The fourth-order valence-corrected chi connectivity index (χ4v) is 6.68. The molecule has 1 fully saturated rings. The van der Waals surface area contributed by atoms with E-state index < -0.39 is 46.3 Å². The van der Waals surface area contributed by atoms with Crippen molar-refractivity contribution in [1.29, 1.82) is 0 Å². The smallest absolute Gasteiger partial charge is 0.416 e. The maximum Gasteiger partial charge on any atom is 0.416 e. The Kier molecular flexibility index (Phi) is 9.35. The second kappa shape index (κ2) is 13.5. The first-order chi connectivity index (χ1) is 23.4. The van der Waals surface area contributed by atoms with Gasteiger partial charge in [0.05, 0.1) is 12.7 Å². The van der Waals surface area contributed by atoms with Crippen molar-refractivity contribution in [2.45, 2.75) is 36.9 Å². The Morgan fingerprint density at radius 3 is 1.96 bits per heavy atom. The van der Waals surface area contributed by atoms with Gasteiger partial charge in [0.25, 0.3) is 5.91 Å². The van der Waals surface area contributed by atoms with E-state index in [4.69, 9.17) is 9.73 Å². The topological polar surface area (TPSA) is 85.6 Å². The number of phenols is 2. The van der Waals surface area contributed by atoms with E-state index >= 15 is 0 Å². The van der Waals surface area contributed by atoms with Crippen molar-refractivity contribution in [3.63, 3.8) is 0 Å². The number of carbonyl (C=O) groups is 1. The van der Waals surface area contributed by atoms with Gasteiger partial charge in [-0.3, -0.25) is 9.69 Å². The van der Waals surface area contributed by atoms with Crippen LogP contribution in [0.15, 0.2) is 89.9 Å². The molecule has 49 heavy (non-hydrogen) atoms. The van der Waals surface area contributed by atoms with Crippen molar-refractivity contribution in [3.8, 4) is 17.2 Å². The lowest BCUT2D eigenvalue weighted by atomic mass is 9.82. The number of alkyl halides is 3. The molecular formula is C37H34F5N3O4. The molecule has 1 amide bonds. The van der Waals surface area contributed by atoms with Crippen molar-refractivity contribution in [2.75, 3.05) is 33.3 Å². The van der Waals surface area contributed by atoms with Crippen LogP contribution in [0.2, 0.25) is 0 Å². The summed E-state index contributed by atoms with van der Waals surface area (Å²) in [6, 6.07) is 18.8. The van der Waals surface area contributed by atoms with E-state index in [1.807, 2.05) is 0 Å². The summed E-state index contributed by atoms with van der Waals surface area (Å²) in [6.07, 6.45) is -2.33. The summed E-state index contributed by atoms with van der Waals surface area (Å²) < 4.78 is 72.4. The number of hydrogen-bond donors (Lipinski definition) is 2. The molecule has 2 aliphatic heterocycles. The number of piperidine rings is 1. The maximum absolute atomic E-state index is 14.7. The Bertz CT molecular complexity index is 1790. The monoisotopic (exact) mass is 679 g/mol. The van der Waals surface area contributed by atoms with Crippen molar-refractivity contribution in [1.82, 2.24) is 9.80 Å². The fraction of sp³-hybridized carbons (Fsp3) is 0.297. The Morgan fingerprint density at radius 1 is 0.857 bits per heavy atom. The molecule has 256 valence electrons. The molecule has 2 aliphatic rings. The number of phenolic OH excluding ortho intramolecular Hbond substituents is 2. The number of carbonyl (C=O) groups excluding carboxylic acids is 1. The predicted octanol–water partition coefficient (Wildman–Crippen LogP) is 7.21.